The molecule has 2 fully saturated rings. The highest BCUT2D eigenvalue weighted by molar-refractivity contribution is 5.77. The molecule has 0 aromatic rings. The summed E-state index contributed by atoms with van der Waals surface area (Å²) in [4.78, 5) is 9.68. The van der Waals surface area contributed by atoms with Crippen molar-refractivity contribution in [3.05, 3.63) is 0 Å². The van der Waals surface area contributed by atoms with Crippen LogP contribution in [0.15, 0.2) is 4.99 Å². The minimum Gasteiger partial charge on any atom is -0.370 e. The number of aliphatic imine (C=N–C) groups is 1. The predicted molar refractivity (Wildman–Crippen MR) is 94.2 cm³/mol. The molecule has 1 unspecified atom stereocenters. The molecule has 5 heteroatoms. The van der Waals surface area contributed by atoms with Gasteiger partial charge in [-0.2, -0.15) is 0 Å². The SMILES string of the molecule is CCCN1CCC(CN=C(N)NCC2CCCN2CC)CC1. The molecule has 2 heterocycles. The molecular formula is C17H35N5. The van der Waals surface area contributed by atoms with E-state index in [0.717, 1.165) is 19.6 Å². The molecule has 22 heavy (non-hydrogen) atoms. The predicted octanol–water partition coefficient (Wildman–Crippen LogP) is 1.50. The van der Waals surface area contributed by atoms with Crippen molar-refractivity contribution >= 4 is 5.96 Å². The average Bonchev–Trinajstić information content (AvgIpc) is 3.00. The van der Waals surface area contributed by atoms with Gasteiger partial charge in [0.2, 0.25) is 0 Å². The van der Waals surface area contributed by atoms with Crippen LogP contribution < -0.4 is 11.1 Å². The summed E-state index contributed by atoms with van der Waals surface area (Å²) < 4.78 is 0. The summed E-state index contributed by atoms with van der Waals surface area (Å²) in [5.41, 5.74) is 6.04. The van der Waals surface area contributed by atoms with Crippen LogP contribution in [0.25, 0.3) is 0 Å². The number of rotatable bonds is 7. The van der Waals surface area contributed by atoms with Gasteiger partial charge in [-0.1, -0.05) is 13.8 Å². The average molecular weight is 310 g/mol. The van der Waals surface area contributed by atoms with Gasteiger partial charge in [0.1, 0.15) is 0 Å². The molecule has 0 amide bonds. The van der Waals surface area contributed by atoms with Crippen molar-refractivity contribution in [3.63, 3.8) is 0 Å². The summed E-state index contributed by atoms with van der Waals surface area (Å²) in [5, 5.41) is 3.33. The Balaban J connectivity index is 1.63. The Labute approximate surface area is 136 Å². The van der Waals surface area contributed by atoms with Crippen LogP contribution in [0, 0.1) is 5.92 Å². The fourth-order valence-electron chi connectivity index (χ4n) is 3.76. The zero-order chi connectivity index (χ0) is 15.8. The second-order valence-electron chi connectivity index (χ2n) is 6.82. The molecule has 0 aliphatic carbocycles. The number of guanidine groups is 1. The standard InChI is InChI=1S/C17H35N5/c1-3-9-21-11-7-15(8-12-21)13-19-17(18)20-14-16-6-5-10-22(16)4-2/h15-16H,3-14H2,1-2H3,(H3,18,19,20). The molecule has 128 valence electrons. The molecule has 0 bridgehead atoms. The number of likely N-dealkylation sites (tertiary alicyclic amines) is 2. The monoisotopic (exact) mass is 309 g/mol. The van der Waals surface area contributed by atoms with Gasteiger partial charge >= 0.3 is 0 Å². The summed E-state index contributed by atoms with van der Waals surface area (Å²) in [6.45, 7) is 12.4. The number of hydrogen-bond acceptors (Lipinski definition) is 3. The molecular weight excluding hydrogens is 274 g/mol. The van der Waals surface area contributed by atoms with Crippen LogP contribution >= 0.6 is 0 Å². The van der Waals surface area contributed by atoms with Crippen LogP contribution in [0.5, 0.6) is 0 Å². The molecule has 3 N–H and O–H groups in total. The van der Waals surface area contributed by atoms with Crippen molar-refractivity contribution in [2.24, 2.45) is 16.6 Å². The van der Waals surface area contributed by atoms with Gasteiger partial charge in [0.25, 0.3) is 0 Å². The molecule has 5 nitrogen and oxygen atoms in total. The Hall–Kier alpha value is -0.810. The van der Waals surface area contributed by atoms with Crippen LogP contribution in [-0.2, 0) is 0 Å². The van der Waals surface area contributed by atoms with E-state index in [1.807, 2.05) is 0 Å². The van der Waals surface area contributed by atoms with Crippen molar-refractivity contribution in [2.45, 2.75) is 52.0 Å². The van der Waals surface area contributed by atoms with Crippen LogP contribution in [0.4, 0.5) is 0 Å². The van der Waals surface area contributed by atoms with Crippen molar-refractivity contribution in [2.75, 3.05) is 45.8 Å². The second-order valence-corrected chi connectivity index (χ2v) is 6.82. The van der Waals surface area contributed by atoms with Gasteiger partial charge in [0.05, 0.1) is 0 Å². The van der Waals surface area contributed by atoms with E-state index in [2.05, 4.69) is 34.0 Å². The fourth-order valence-corrected chi connectivity index (χ4v) is 3.76. The van der Waals surface area contributed by atoms with Gasteiger partial charge in [-0.25, -0.2) is 0 Å². The molecule has 1 atom stereocenters. The zero-order valence-electron chi connectivity index (χ0n) is 14.6. The number of nitrogens with two attached hydrogens (primary N) is 1. The highest BCUT2D eigenvalue weighted by Gasteiger charge is 2.22. The van der Waals surface area contributed by atoms with Gasteiger partial charge in [0, 0.05) is 19.1 Å². The number of nitrogens with one attached hydrogen (secondary N) is 1. The maximum Gasteiger partial charge on any atom is 0.188 e. The third-order valence-electron chi connectivity index (χ3n) is 5.19. The maximum absolute atomic E-state index is 6.04. The first-order valence-electron chi connectivity index (χ1n) is 9.23. The lowest BCUT2D eigenvalue weighted by molar-refractivity contribution is 0.188. The lowest BCUT2D eigenvalue weighted by Crippen LogP contribution is -2.43. The largest absolute Gasteiger partial charge is 0.370 e. The first-order chi connectivity index (χ1) is 10.7. The minimum atomic E-state index is 0.635. The first kappa shape index (κ1) is 17.5. The number of hydrogen-bond donors (Lipinski definition) is 2. The molecule has 0 radical (unpaired) electrons. The van der Waals surface area contributed by atoms with Crippen LogP contribution in [0.3, 0.4) is 0 Å². The van der Waals surface area contributed by atoms with E-state index in [-0.39, 0.29) is 0 Å². The first-order valence-corrected chi connectivity index (χ1v) is 9.23. The summed E-state index contributed by atoms with van der Waals surface area (Å²) in [6, 6.07) is 0.635. The van der Waals surface area contributed by atoms with Crippen LogP contribution in [0.1, 0.15) is 46.0 Å². The van der Waals surface area contributed by atoms with Gasteiger partial charge in [-0.15, -0.1) is 0 Å². The molecule has 2 saturated heterocycles. The molecule has 0 aromatic carbocycles. The smallest absolute Gasteiger partial charge is 0.188 e. The molecule has 2 aliphatic rings. The molecule has 0 aromatic heterocycles. The normalized spacial score (nSPS) is 25.7. The number of nitrogens with zero attached hydrogens (tertiary/aromatic N) is 3. The number of likely N-dealkylation sites (N-methyl/N-ethyl adjacent to an activating group) is 1. The lowest BCUT2D eigenvalue weighted by atomic mass is 9.97. The Morgan fingerprint density at radius 1 is 1.18 bits per heavy atom. The van der Waals surface area contributed by atoms with Crippen molar-refractivity contribution < 1.29 is 0 Å². The van der Waals surface area contributed by atoms with E-state index in [9.17, 15) is 0 Å². The summed E-state index contributed by atoms with van der Waals surface area (Å²) >= 11 is 0. The van der Waals surface area contributed by atoms with Gasteiger partial charge in [0.15, 0.2) is 5.96 Å². The Morgan fingerprint density at radius 2 is 1.95 bits per heavy atom. The van der Waals surface area contributed by atoms with Crippen molar-refractivity contribution in [1.29, 1.82) is 0 Å². The Bertz CT molecular complexity index is 336. The van der Waals surface area contributed by atoms with E-state index in [1.165, 1.54) is 58.3 Å². The van der Waals surface area contributed by atoms with E-state index < -0.39 is 0 Å². The van der Waals surface area contributed by atoms with Crippen molar-refractivity contribution in [1.82, 2.24) is 15.1 Å². The van der Waals surface area contributed by atoms with E-state index >= 15 is 0 Å². The lowest BCUT2D eigenvalue weighted by Gasteiger charge is -2.31. The van der Waals surface area contributed by atoms with E-state index in [1.54, 1.807) is 0 Å². The molecule has 2 aliphatic heterocycles. The third-order valence-corrected chi connectivity index (χ3v) is 5.19. The molecule has 2 rings (SSSR count). The van der Waals surface area contributed by atoms with Crippen molar-refractivity contribution in [3.8, 4) is 0 Å². The van der Waals surface area contributed by atoms with Gasteiger partial charge in [-0.05, 0) is 70.7 Å². The van der Waals surface area contributed by atoms with Gasteiger partial charge < -0.3 is 16.0 Å². The maximum atomic E-state index is 6.04. The summed E-state index contributed by atoms with van der Waals surface area (Å²) in [5.74, 6) is 1.35. The third kappa shape index (κ3) is 5.43. The van der Waals surface area contributed by atoms with E-state index in [4.69, 9.17) is 5.73 Å². The summed E-state index contributed by atoms with van der Waals surface area (Å²) in [6.07, 6.45) is 6.39. The Kier molecular flexibility index (Phi) is 7.46. The number of piperidine rings is 1. The Morgan fingerprint density at radius 3 is 2.64 bits per heavy atom. The highest BCUT2D eigenvalue weighted by atomic mass is 15.2. The van der Waals surface area contributed by atoms with Crippen LogP contribution in [-0.4, -0.2) is 67.6 Å². The molecule has 0 spiro atoms. The van der Waals surface area contributed by atoms with Crippen LogP contribution in [0.2, 0.25) is 0 Å². The second kappa shape index (κ2) is 9.36. The molecule has 0 saturated carbocycles. The minimum absolute atomic E-state index is 0.635. The van der Waals surface area contributed by atoms with Gasteiger partial charge in [-0.3, -0.25) is 9.89 Å². The quantitative estimate of drug-likeness (QED) is 0.553. The zero-order valence-corrected chi connectivity index (χ0v) is 14.6. The topological polar surface area (TPSA) is 56.9 Å². The fraction of sp³-hybridized carbons (Fsp3) is 0.941. The van der Waals surface area contributed by atoms with E-state index in [0.29, 0.717) is 17.9 Å². The summed E-state index contributed by atoms with van der Waals surface area (Å²) in [7, 11) is 0. The highest BCUT2D eigenvalue weighted by Crippen LogP contribution is 2.17.